The van der Waals surface area contributed by atoms with Crippen LogP contribution in [0.4, 0.5) is 29.2 Å². The number of likely N-dealkylation sites (tertiary alicyclic amines) is 2. The second kappa shape index (κ2) is 18.3. The smallest absolute Gasteiger partial charge is 0.418 e. The number of aliphatic hydroxyl groups is 1. The normalized spacial score (nSPS) is 20.3. The lowest BCUT2D eigenvalue weighted by molar-refractivity contribution is -0.151. The SMILES string of the molecule is C=CC1=C(/C=C2/c3nc4ccc(OCC(=C)C(=O)N5CC6(C5)CN(c5nc(OCC7CCCN7C)nc7c(F)c(-c8nc(N)cc(C)c8C(F)(F)F)c(Cl)cc57)C6)cc4c(CC)c3CN2C)C(O)C(=O)OC1. The number of aliphatic hydroxyl groups excluding tert-OH is 1. The Morgan fingerprint density at radius 3 is 2.53 bits per heavy atom. The molecular formula is C52H52ClF4N9O6. The molecule has 1 amide bonds. The number of likely N-dealkylation sites (N-methyl/N-ethyl adjacent to an activating group) is 1. The highest BCUT2D eigenvalue weighted by Crippen LogP contribution is 2.48. The van der Waals surface area contributed by atoms with Gasteiger partial charge in [-0.15, -0.1) is 0 Å². The minimum Gasteiger partial charge on any atom is -0.489 e. The van der Waals surface area contributed by atoms with Crippen molar-refractivity contribution >= 4 is 62.6 Å². The van der Waals surface area contributed by atoms with E-state index in [4.69, 9.17) is 41.5 Å². The molecule has 3 aromatic heterocycles. The Morgan fingerprint density at radius 2 is 1.83 bits per heavy atom. The number of cyclic esters (lactones) is 1. The second-order valence-electron chi connectivity index (χ2n) is 19.4. The van der Waals surface area contributed by atoms with Gasteiger partial charge in [-0.3, -0.25) is 4.79 Å². The summed E-state index contributed by atoms with van der Waals surface area (Å²) in [5.74, 6) is -1.50. The van der Waals surface area contributed by atoms with Crippen LogP contribution < -0.4 is 20.1 Å². The number of esters is 1. The van der Waals surface area contributed by atoms with Gasteiger partial charge >= 0.3 is 18.2 Å². The summed E-state index contributed by atoms with van der Waals surface area (Å²) in [6.45, 7) is 14.5. The molecule has 5 aromatic rings. The number of carbonyl (C=O) groups is 2. The van der Waals surface area contributed by atoms with Crippen molar-refractivity contribution in [2.75, 3.05) is 77.3 Å². The number of hydrogen-bond donors (Lipinski definition) is 2. The average molecular weight is 1010 g/mol. The van der Waals surface area contributed by atoms with Crippen molar-refractivity contribution in [2.45, 2.75) is 58.0 Å². The molecule has 3 fully saturated rings. The zero-order valence-electron chi connectivity index (χ0n) is 40.1. The summed E-state index contributed by atoms with van der Waals surface area (Å²) in [5.41, 5.74) is 8.21. The van der Waals surface area contributed by atoms with Gasteiger partial charge in [0.15, 0.2) is 11.9 Å². The van der Waals surface area contributed by atoms with Crippen LogP contribution in [0, 0.1) is 18.2 Å². The molecule has 20 heteroatoms. The van der Waals surface area contributed by atoms with Crippen LogP contribution in [0.3, 0.4) is 0 Å². The van der Waals surface area contributed by atoms with E-state index < -0.39 is 40.9 Å². The van der Waals surface area contributed by atoms with Crippen molar-refractivity contribution in [1.82, 2.24) is 34.6 Å². The van der Waals surface area contributed by atoms with E-state index in [1.165, 1.54) is 13.0 Å². The van der Waals surface area contributed by atoms with Crippen molar-refractivity contribution in [1.29, 1.82) is 0 Å². The Hall–Kier alpha value is -6.83. The molecule has 3 N–H and O–H groups in total. The third kappa shape index (κ3) is 8.53. The Balaban J connectivity index is 0.840. The number of nitrogens with zero attached hydrogens (tertiary/aromatic N) is 8. The fraction of sp³-hybridized carbons (Fsp3) is 0.385. The van der Waals surface area contributed by atoms with E-state index in [0.717, 1.165) is 58.9 Å². The van der Waals surface area contributed by atoms with Crippen molar-refractivity contribution in [3.63, 3.8) is 0 Å². The van der Waals surface area contributed by atoms with Crippen LogP contribution >= 0.6 is 11.6 Å². The van der Waals surface area contributed by atoms with E-state index in [1.807, 2.05) is 36.0 Å². The van der Waals surface area contributed by atoms with E-state index in [0.29, 0.717) is 61.9 Å². The number of ether oxygens (including phenoxy) is 3. The van der Waals surface area contributed by atoms with Crippen LogP contribution in [-0.4, -0.2) is 130 Å². The highest BCUT2D eigenvalue weighted by atomic mass is 35.5. The number of anilines is 2. The molecule has 0 radical (unpaired) electrons. The van der Waals surface area contributed by atoms with Crippen LogP contribution in [0.25, 0.3) is 38.8 Å². The third-order valence-electron chi connectivity index (χ3n) is 14.5. The van der Waals surface area contributed by atoms with E-state index in [1.54, 1.807) is 23.1 Å². The molecule has 2 aromatic carbocycles. The van der Waals surface area contributed by atoms with Crippen LogP contribution in [-0.2, 0) is 33.5 Å². The number of aromatic nitrogens is 4. The lowest BCUT2D eigenvalue weighted by atomic mass is 9.72. The molecule has 376 valence electrons. The summed E-state index contributed by atoms with van der Waals surface area (Å²) in [7, 11) is 3.91. The molecule has 2 atom stereocenters. The van der Waals surface area contributed by atoms with Gasteiger partial charge in [0.05, 0.1) is 38.8 Å². The predicted octanol–water partition coefficient (Wildman–Crippen LogP) is 7.45. The first-order valence-corrected chi connectivity index (χ1v) is 24.0. The van der Waals surface area contributed by atoms with E-state index >= 15 is 4.39 Å². The Labute approximate surface area is 417 Å². The molecule has 0 bridgehead atoms. The number of hydrogen-bond acceptors (Lipinski definition) is 14. The van der Waals surface area contributed by atoms with Gasteiger partial charge < -0.3 is 44.7 Å². The van der Waals surface area contributed by atoms with Gasteiger partial charge in [0.25, 0.3) is 5.91 Å². The third-order valence-corrected chi connectivity index (χ3v) is 14.8. The standard InChI is InChI=1S/C52H52ClF4N9O6/c1-7-28-20-71-49(69)46(67)32(28)17-38-43-35(18-64(38)6)31(8-2)33-15-30(11-12-37(33)59-43)70-19-27(4)48(68)66-24-51(25-66)22-65(23-51)47-34-16-36(53)40(45-41(52(55,56)57)26(3)14-39(58)60-45)42(54)44(34)61-50(62-47)72-21-29-10-9-13-63(29)5/h7,11-12,14-17,29,46,67H,1,4,8-10,13,18-25H2,2-3,5-6H3,(H2,58,60)/b38-17-. The van der Waals surface area contributed by atoms with Gasteiger partial charge in [-0.05, 0) is 92.9 Å². The fourth-order valence-corrected chi connectivity index (χ4v) is 11.1. The number of nitrogens with two attached hydrogens (primary N) is 1. The number of halogens is 5. The topological polar surface area (TPSA) is 173 Å². The van der Waals surface area contributed by atoms with Gasteiger partial charge in [0.1, 0.15) is 42.7 Å². The zero-order chi connectivity index (χ0) is 51.1. The predicted molar refractivity (Wildman–Crippen MR) is 264 cm³/mol. The maximum atomic E-state index is 16.9. The first-order valence-electron chi connectivity index (χ1n) is 23.6. The molecule has 10 rings (SSSR count). The lowest BCUT2D eigenvalue weighted by Crippen LogP contribution is -2.73. The number of alkyl halides is 3. The minimum atomic E-state index is -4.90. The molecule has 3 saturated heterocycles. The highest BCUT2D eigenvalue weighted by molar-refractivity contribution is 6.34. The van der Waals surface area contributed by atoms with Crippen molar-refractivity contribution in [3.8, 4) is 23.0 Å². The van der Waals surface area contributed by atoms with Crippen LogP contribution in [0.1, 0.15) is 47.7 Å². The molecule has 5 aliphatic rings. The molecule has 0 aliphatic carbocycles. The zero-order valence-corrected chi connectivity index (χ0v) is 40.9. The molecule has 2 unspecified atom stereocenters. The quantitative estimate of drug-likeness (QED) is 0.0717. The molecule has 15 nitrogen and oxygen atoms in total. The van der Waals surface area contributed by atoms with Gasteiger partial charge in [-0.2, -0.15) is 23.1 Å². The maximum absolute atomic E-state index is 16.9. The Bertz CT molecular complexity index is 3200. The average Bonchev–Trinajstić information content (AvgIpc) is 3.86. The Kier molecular flexibility index (Phi) is 12.4. The molecule has 0 saturated carbocycles. The van der Waals surface area contributed by atoms with Crippen molar-refractivity contribution in [2.24, 2.45) is 5.41 Å². The summed E-state index contributed by atoms with van der Waals surface area (Å²) in [4.78, 5) is 51.8. The molecule has 5 aliphatic heterocycles. The number of fused-ring (bicyclic) bond motifs is 3. The van der Waals surface area contributed by atoms with E-state index in [-0.39, 0.29) is 76.1 Å². The number of nitrogen functional groups attached to an aromatic ring is 1. The van der Waals surface area contributed by atoms with Gasteiger partial charge in [0.2, 0.25) is 0 Å². The maximum Gasteiger partial charge on any atom is 0.418 e. The molecule has 72 heavy (non-hydrogen) atoms. The van der Waals surface area contributed by atoms with Crippen molar-refractivity contribution in [3.05, 3.63) is 111 Å². The summed E-state index contributed by atoms with van der Waals surface area (Å²) >= 11 is 6.68. The lowest BCUT2D eigenvalue weighted by Gasteiger charge is -2.60. The number of carbonyl (C=O) groups excluding carboxylic acids is 2. The van der Waals surface area contributed by atoms with Crippen LogP contribution in [0.2, 0.25) is 5.02 Å². The largest absolute Gasteiger partial charge is 0.489 e. The number of rotatable bonds is 12. The molecular weight excluding hydrogens is 958 g/mol. The summed E-state index contributed by atoms with van der Waals surface area (Å²) < 4.78 is 77.6. The number of aryl methyl sites for hydroxylation is 2. The van der Waals surface area contributed by atoms with Gasteiger partial charge in [-0.25, -0.2) is 19.2 Å². The van der Waals surface area contributed by atoms with E-state index in [2.05, 4.69) is 34.9 Å². The second-order valence-corrected chi connectivity index (χ2v) is 19.8. The number of pyridine rings is 2. The first-order chi connectivity index (χ1) is 34.3. The van der Waals surface area contributed by atoms with Gasteiger partial charge in [-0.1, -0.05) is 37.8 Å². The van der Waals surface area contributed by atoms with Crippen LogP contribution in [0.5, 0.6) is 11.8 Å². The van der Waals surface area contributed by atoms with Gasteiger partial charge in [0, 0.05) is 78.7 Å². The monoisotopic (exact) mass is 1010 g/mol. The minimum absolute atomic E-state index is 0.0242. The summed E-state index contributed by atoms with van der Waals surface area (Å²) in [5, 5.41) is 11.4. The first kappa shape index (κ1) is 48.8. The van der Waals surface area contributed by atoms with Crippen molar-refractivity contribution < 1.29 is 46.5 Å². The Morgan fingerprint density at radius 1 is 1.07 bits per heavy atom. The summed E-state index contributed by atoms with van der Waals surface area (Å²) in [6.07, 6.45) is -0.418. The number of benzene rings is 2. The highest BCUT2D eigenvalue weighted by Gasteiger charge is 2.54. The van der Waals surface area contributed by atoms with Crippen LogP contribution in [0.15, 0.2) is 72.4 Å². The fourth-order valence-electron chi connectivity index (χ4n) is 10.8. The molecule has 8 heterocycles. The summed E-state index contributed by atoms with van der Waals surface area (Å²) in [6, 6.07) is 7.91. The molecule has 1 spiro atoms. The van der Waals surface area contributed by atoms with E-state index in [9.17, 15) is 27.9 Å². The number of amides is 1.